The lowest BCUT2D eigenvalue weighted by Crippen LogP contribution is -2.50. The topological polar surface area (TPSA) is 58.6 Å². The van der Waals surface area contributed by atoms with Gasteiger partial charge in [-0.2, -0.15) is 0 Å². The first-order valence-electron chi connectivity index (χ1n) is 9.45. The van der Waals surface area contributed by atoms with E-state index in [0.29, 0.717) is 32.7 Å². The predicted molar refractivity (Wildman–Crippen MR) is 99.1 cm³/mol. The van der Waals surface area contributed by atoms with E-state index in [9.17, 15) is 9.59 Å². The molecular weight excluding hydrogens is 336 g/mol. The van der Waals surface area contributed by atoms with Crippen LogP contribution in [-0.4, -0.2) is 49.1 Å². The van der Waals surface area contributed by atoms with Crippen molar-refractivity contribution in [3.63, 3.8) is 0 Å². The Balaban J connectivity index is 1.67. The summed E-state index contributed by atoms with van der Waals surface area (Å²) in [6.07, 6.45) is 6.84. The third-order valence-electron chi connectivity index (χ3n) is 5.06. The summed E-state index contributed by atoms with van der Waals surface area (Å²) in [5.41, 5.74) is 2.60. The van der Waals surface area contributed by atoms with Crippen LogP contribution in [0.2, 0.25) is 0 Å². The van der Waals surface area contributed by atoms with E-state index >= 15 is 0 Å². The minimum absolute atomic E-state index is 0.00922. The number of nitrogens with zero attached hydrogens (tertiary/aromatic N) is 1. The number of unbranched alkanes of at least 4 members (excludes halogenated alkanes) is 1. The number of carbonyl (C=O) groups excluding carboxylic acids is 2. The van der Waals surface area contributed by atoms with Crippen molar-refractivity contribution in [1.29, 1.82) is 0 Å². The minimum atomic E-state index is -0.163. The molecule has 1 aromatic heterocycles. The lowest BCUT2D eigenvalue weighted by molar-refractivity contribution is -0.123. The molecule has 25 heavy (non-hydrogen) atoms. The molecular formula is C19H28N2O3S. The Kier molecular flexibility index (Phi) is 6.48. The fourth-order valence-electron chi connectivity index (χ4n) is 3.61. The molecule has 1 unspecified atom stereocenters. The van der Waals surface area contributed by atoms with Crippen molar-refractivity contribution in [3.8, 4) is 0 Å². The molecule has 1 atom stereocenters. The molecule has 3 rings (SSSR count). The maximum Gasteiger partial charge on any atom is 0.264 e. The molecule has 2 heterocycles. The number of carbonyl (C=O) groups is 2. The highest BCUT2D eigenvalue weighted by Crippen LogP contribution is 2.31. The summed E-state index contributed by atoms with van der Waals surface area (Å²) in [4.78, 5) is 28.1. The predicted octanol–water partition coefficient (Wildman–Crippen LogP) is 2.77. The quantitative estimate of drug-likeness (QED) is 0.790. The molecule has 0 bridgehead atoms. The van der Waals surface area contributed by atoms with Gasteiger partial charge in [-0.05, 0) is 48.6 Å². The average Bonchev–Trinajstić information content (AvgIpc) is 3.06. The summed E-state index contributed by atoms with van der Waals surface area (Å²) in [5, 5.41) is 5.09. The van der Waals surface area contributed by atoms with Gasteiger partial charge in [-0.25, -0.2) is 0 Å². The lowest BCUT2D eigenvalue weighted by Gasteiger charge is -2.35. The average molecular weight is 365 g/mol. The molecule has 2 aliphatic rings. The van der Waals surface area contributed by atoms with Crippen molar-refractivity contribution in [1.82, 2.24) is 10.2 Å². The molecule has 1 fully saturated rings. The number of aryl methyl sites for hydroxylation is 1. The summed E-state index contributed by atoms with van der Waals surface area (Å²) in [7, 11) is 0. The number of nitrogens with one attached hydrogen (secondary N) is 1. The number of thiophene rings is 1. The number of rotatable bonds is 6. The maximum atomic E-state index is 13.1. The molecule has 0 saturated carbocycles. The zero-order valence-corrected chi connectivity index (χ0v) is 15.8. The highest BCUT2D eigenvalue weighted by molar-refractivity contribution is 7.12. The smallest absolute Gasteiger partial charge is 0.264 e. The van der Waals surface area contributed by atoms with Crippen molar-refractivity contribution in [3.05, 3.63) is 21.4 Å². The van der Waals surface area contributed by atoms with Crippen molar-refractivity contribution < 1.29 is 14.3 Å². The highest BCUT2D eigenvalue weighted by atomic mass is 32.1. The van der Waals surface area contributed by atoms with Crippen LogP contribution in [0.1, 0.15) is 59.8 Å². The Labute approximate surface area is 153 Å². The molecule has 1 aliphatic carbocycles. The molecule has 1 aromatic rings. The molecule has 2 amide bonds. The Hall–Kier alpha value is -1.40. The van der Waals surface area contributed by atoms with Gasteiger partial charge < -0.3 is 15.0 Å². The number of fused-ring (bicyclic) bond motifs is 1. The first-order chi connectivity index (χ1) is 12.2. The molecule has 5 nitrogen and oxygen atoms in total. The molecule has 0 radical (unpaired) electrons. The van der Waals surface area contributed by atoms with Gasteiger partial charge in [0.2, 0.25) is 5.91 Å². The van der Waals surface area contributed by atoms with Crippen LogP contribution < -0.4 is 5.32 Å². The van der Waals surface area contributed by atoms with Crippen molar-refractivity contribution in [2.45, 2.75) is 57.9 Å². The van der Waals surface area contributed by atoms with Gasteiger partial charge in [-0.1, -0.05) is 13.3 Å². The van der Waals surface area contributed by atoms with Crippen LogP contribution in [0, 0.1) is 0 Å². The normalized spacial score (nSPS) is 20.2. The van der Waals surface area contributed by atoms with E-state index in [4.69, 9.17) is 4.74 Å². The van der Waals surface area contributed by atoms with Gasteiger partial charge >= 0.3 is 0 Å². The molecule has 1 aliphatic heterocycles. The monoisotopic (exact) mass is 364 g/mol. The summed E-state index contributed by atoms with van der Waals surface area (Å²) in [6, 6.07) is -0.163. The number of morpholine rings is 1. The lowest BCUT2D eigenvalue weighted by atomic mass is 9.93. The third-order valence-corrected chi connectivity index (χ3v) is 6.12. The van der Waals surface area contributed by atoms with Crippen molar-refractivity contribution in [2.24, 2.45) is 0 Å². The number of amides is 2. The van der Waals surface area contributed by atoms with Crippen molar-refractivity contribution in [2.75, 3.05) is 26.3 Å². The first-order valence-corrected chi connectivity index (χ1v) is 10.3. The minimum Gasteiger partial charge on any atom is -0.377 e. The SMILES string of the molecule is CCCCNC(=O)CC1COCCN1C(=O)c1scc2c1CCCC2. The largest absolute Gasteiger partial charge is 0.377 e. The molecule has 1 saturated heterocycles. The Morgan fingerprint density at radius 1 is 1.36 bits per heavy atom. The van der Waals surface area contributed by atoms with Crippen LogP contribution in [0.3, 0.4) is 0 Å². The van der Waals surface area contributed by atoms with E-state index in [1.54, 1.807) is 11.3 Å². The van der Waals surface area contributed by atoms with Crippen molar-refractivity contribution >= 4 is 23.2 Å². The van der Waals surface area contributed by atoms with Gasteiger partial charge in [0.05, 0.1) is 24.1 Å². The zero-order chi connectivity index (χ0) is 17.6. The van der Waals surface area contributed by atoms with Crippen LogP contribution >= 0.6 is 11.3 Å². The summed E-state index contributed by atoms with van der Waals surface area (Å²) in [5.74, 6) is 0.0952. The van der Waals surface area contributed by atoms with E-state index < -0.39 is 0 Å². The van der Waals surface area contributed by atoms with Gasteiger partial charge in [0.1, 0.15) is 0 Å². The van der Waals surface area contributed by atoms with Crippen LogP contribution in [0.5, 0.6) is 0 Å². The second-order valence-corrected chi connectivity index (χ2v) is 7.79. The summed E-state index contributed by atoms with van der Waals surface area (Å²) >= 11 is 1.57. The van der Waals surface area contributed by atoms with E-state index in [0.717, 1.165) is 37.0 Å². The maximum absolute atomic E-state index is 13.1. The van der Waals surface area contributed by atoms with Gasteiger partial charge in [-0.15, -0.1) is 11.3 Å². The number of hydrogen-bond acceptors (Lipinski definition) is 4. The number of ether oxygens (including phenoxy) is 1. The van der Waals surface area contributed by atoms with Crippen LogP contribution in [0.15, 0.2) is 5.38 Å². The Morgan fingerprint density at radius 3 is 3.04 bits per heavy atom. The fraction of sp³-hybridized carbons (Fsp3) is 0.684. The highest BCUT2D eigenvalue weighted by Gasteiger charge is 2.32. The van der Waals surface area contributed by atoms with E-state index in [1.807, 2.05) is 4.90 Å². The number of hydrogen-bond donors (Lipinski definition) is 1. The van der Waals surface area contributed by atoms with Gasteiger partial charge in [0.25, 0.3) is 5.91 Å². The Bertz CT molecular complexity index is 614. The van der Waals surface area contributed by atoms with Gasteiger partial charge in [0.15, 0.2) is 0 Å². The molecule has 0 aromatic carbocycles. The van der Waals surface area contributed by atoms with Crippen LogP contribution in [-0.2, 0) is 22.4 Å². The molecule has 6 heteroatoms. The fourth-order valence-corrected chi connectivity index (χ4v) is 4.72. The summed E-state index contributed by atoms with van der Waals surface area (Å²) in [6.45, 7) is 4.37. The zero-order valence-electron chi connectivity index (χ0n) is 15.0. The first kappa shape index (κ1) is 18.4. The van der Waals surface area contributed by atoms with E-state index in [1.165, 1.54) is 17.5 Å². The van der Waals surface area contributed by atoms with Gasteiger partial charge in [-0.3, -0.25) is 9.59 Å². The second kappa shape index (κ2) is 8.81. The summed E-state index contributed by atoms with van der Waals surface area (Å²) < 4.78 is 5.55. The Morgan fingerprint density at radius 2 is 2.20 bits per heavy atom. The van der Waals surface area contributed by atoms with E-state index in [-0.39, 0.29) is 17.9 Å². The third kappa shape index (κ3) is 4.42. The van der Waals surface area contributed by atoms with E-state index in [2.05, 4.69) is 17.6 Å². The van der Waals surface area contributed by atoms with Gasteiger partial charge in [0, 0.05) is 19.5 Å². The molecule has 138 valence electrons. The second-order valence-electron chi connectivity index (χ2n) is 6.91. The van der Waals surface area contributed by atoms with Crippen LogP contribution in [0.25, 0.3) is 0 Å². The van der Waals surface area contributed by atoms with Crippen LogP contribution in [0.4, 0.5) is 0 Å². The standard InChI is InChI=1S/C19H28N2O3S/c1-2-3-8-20-17(22)11-15-12-24-10-9-21(15)19(23)18-16-7-5-4-6-14(16)13-25-18/h13,15H,2-12H2,1H3,(H,20,22). The molecule has 1 N–H and O–H groups in total. The molecule has 0 spiro atoms.